The number of oxime groups is 1. The van der Waals surface area contributed by atoms with Crippen LogP contribution < -0.4 is 0 Å². The minimum Gasteiger partial charge on any atom is -0.396 e. The lowest BCUT2D eigenvalue weighted by atomic mass is 10.1. The Morgan fingerprint density at radius 1 is 0.895 bits per heavy atom. The minimum atomic E-state index is 0.734. The zero-order valence-electron chi connectivity index (χ0n) is 12.2. The van der Waals surface area contributed by atoms with Gasteiger partial charge in [0, 0.05) is 0 Å². The summed E-state index contributed by atoms with van der Waals surface area (Å²) in [4.78, 5) is 5.25. The lowest BCUT2D eigenvalue weighted by molar-refractivity contribution is 0.141. The number of benzene rings is 1. The highest BCUT2D eigenvalue weighted by molar-refractivity contribution is 5.78. The van der Waals surface area contributed by atoms with Crippen molar-refractivity contribution in [2.75, 3.05) is 6.61 Å². The number of rotatable bonds is 11. The molecule has 0 saturated heterocycles. The van der Waals surface area contributed by atoms with Crippen LogP contribution in [0.15, 0.2) is 35.5 Å². The summed E-state index contributed by atoms with van der Waals surface area (Å²) in [5, 5.41) is 3.97. The summed E-state index contributed by atoms with van der Waals surface area (Å²) in [6, 6.07) is 10.0. The van der Waals surface area contributed by atoms with E-state index in [0.717, 1.165) is 18.6 Å². The highest BCUT2D eigenvalue weighted by atomic mass is 16.6. The first kappa shape index (κ1) is 15.7. The Bertz CT molecular complexity index is 321. The molecule has 106 valence electrons. The molecule has 0 heterocycles. The molecular formula is C17H27NO. The van der Waals surface area contributed by atoms with E-state index in [1.807, 2.05) is 30.3 Å². The zero-order chi connectivity index (χ0) is 13.6. The van der Waals surface area contributed by atoms with Crippen molar-refractivity contribution < 1.29 is 4.84 Å². The summed E-state index contributed by atoms with van der Waals surface area (Å²) in [7, 11) is 0. The molecule has 0 N–H and O–H groups in total. The topological polar surface area (TPSA) is 21.6 Å². The Morgan fingerprint density at radius 3 is 2.21 bits per heavy atom. The van der Waals surface area contributed by atoms with Gasteiger partial charge in [-0.3, -0.25) is 0 Å². The van der Waals surface area contributed by atoms with E-state index in [1.54, 1.807) is 6.21 Å². The van der Waals surface area contributed by atoms with Crippen molar-refractivity contribution in [3.8, 4) is 0 Å². The molecule has 0 spiro atoms. The van der Waals surface area contributed by atoms with Gasteiger partial charge in [0.25, 0.3) is 0 Å². The molecule has 0 aliphatic rings. The number of hydrogen-bond donors (Lipinski definition) is 0. The van der Waals surface area contributed by atoms with Crippen molar-refractivity contribution in [3.63, 3.8) is 0 Å². The second kappa shape index (κ2) is 11.8. The van der Waals surface area contributed by atoms with Gasteiger partial charge in [-0.05, 0) is 18.4 Å². The summed E-state index contributed by atoms with van der Waals surface area (Å²) in [6.07, 6.45) is 12.3. The van der Waals surface area contributed by atoms with Gasteiger partial charge in [-0.15, -0.1) is 0 Å². The van der Waals surface area contributed by atoms with Crippen LogP contribution in [0.1, 0.15) is 63.9 Å². The summed E-state index contributed by atoms with van der Waals surface area (Å²) < 4.78 is 0. The molecule has 2 nitrogen and oxygen atoms in total. The van der Waals surface area contributed by atoms with Gasteiger partial charge in [0.15, 0.2) is 0 Å². The van der Waals surface area contributed by atoms with Crippen molar-refractivity contribution in [2.45, 2.75) is 58.3 Å². The second-order valence-corrected chi connectivity index (χ2v) is 4.95. The number of unbranched alkanes of at least 4 members (excludes halogenated alkanes) is 7. The van der Waals surface area contributed by atoms with E-state index in [1.165, 1.54) is 44.9 Å². The molecule has 2 heteroatoms. The Balaban J connectivity index is 1.87. The van der Waals surface area contributed by atoms with Crippen LogP contribution in [0.25, 0.3) is 0 Å². The molecule has 0 aromatic heterocycles. The summed E-state index contributed by atoms with van der Waals surface area (Å²) in [5.74, 6) is 0. The molecular weight excluding hydrogens is 234 g/mol. The molecule has 0 atom stereocenters. The summed E-state index contributed by atoms with van der Waals surface area (Å²) in [5.41, 5.74) is 1.08. The maximum absolute atomic E-state index is 5.25. The fourth-order valence-corrected chi connectivity index (χ4v) is 1.99. The van der Waals surface area contributed by atoms with Gasteiger partial charge in [-0.25, -0.2) is 0 Å². The predicted octanol–water partition coefficient (Wildman–Crippen LogP) is 5.18. The van der Waals surface area contributed by atoms with E-state index in [2.05, 4.69) is 12.1 Å². The van der Waals surface area contributed by atoms with E-state index < -0.39 is 0 Å². The van der Waals surface area contributed by atoms with Crippen LogP contribution in [0, 0.1) is 0 Å². The Labute approximate surface area is 117 Å². The van der Waals surface area contributed by atoms with Crippen molar-refractivity contribution in [1.29, 1.82) is 0 Å². The highest BCUT2D eigenvalue weighted by Crippen LogP contribution is 2.08. The van der Waals surface area contributed by atoms with Crippen LogP contribution in [0.5, 0.6) is 0 Å². The van der Waals surface area contributed by atoms with Gasteiger partial charge >= 0.3 is 0 Å². The molecule has 0 amide bonds. The fraction of sp³-hybridized carbons (Fsp3) is 0.588. The third kappa shape index (κ3) is 9.29. The third-order valence-corrected chi connectivity index (χ3v) is 3.17. The van der Waals surface area contributed by atoms with Gasteiger partial charge in [0.1, 0.15) is 6.61 Å². The van der Waals surface area contributed by atoms with Crippen LogP contribution in [-0.2, 0) is 4.84 Å². The van der Waals surface area contributed by atoms with Gasteiger partial charge in [0.05, 0.1) is 6.21 Å². The molecule has 1 aromatic rings. The van der Waals surface area contributed by atoms with E-state index in [9.17, 15) is 0 Å². The molecule has 0 fully saturated rings. The number of nitrogens with zero attached hydrogens (tertiary/aromatic N) is 1. The molecule has 19 heavy (non-hydrogen) atoms. The van der Waals surface area contributed by atoms with E-state index in [-0.39, 0.29) is 0 Å². The summed E-state index contributed by atoms with van der Waals surface area (Å²) in [6.45, 7) is 2.99. The van der Waals surface area contributed by atoms with Gasteiger partial charge in [0.2, 0.25) is 0 Å². The first-order valence-electron chi connectivity index (χ1n) is 7.64. The normalized spacial score (nSPS) is 11.0. The molecule has 0 saturated carbocycles. The fourth-order valence-electron chi connectivity index (χ4n) is 1.99. The monoisotopic (exact) mass is 261 g/mol. The maximum atomic E-state index is 5.25. The smallest absolute Gasteiger partial charge is 0.117 e. The average Bonchev–Trinajstić information content (AvgIpc) is 2.46. The molecule has 1 rings (SSSR count). The largest absolute Gasteiger partial charge is 0.396 e. The van der Waals surface area contributed by atoms with Crippen LogP contribution in [0.4, 0.5) is 0 Å². The van der Waals surface area contributed by atoms with Crippen molar-refractivity contribution in [3.05, 3.63) is 35.9 Å². The van der Waals surface area contributed by atoms with Crippen LogP contribution >= 0.6 is 0 Å². The van der Waals surface area contributed by atoms with E-state index in [0.29, 0.717) is 0 Å². The molecule has 0 aliphatic heterocycles. The first-order valence-corrected chi connectivity index (χ1v) is 7.64. The maximum Gasteiger partial charge on any atom is 0.117 e. The Hall–Kier alpha value is -1.31. The van der Waals surface area contributed by atoms with E-state index >= 15 is 0 Å². The van der Waals surface area contributed by atoms with Crippen LogP contribution in [0.3, 0.4) is 0 Å². The van der Waals surface area contributed by atoms with Gasteiger partial charge in [-0.2, -0.15) is 0 Å². The quantitative estimate of drug-likeness (QED) is 0.305. The van der Waals surface area contributed by atoms with E-state index in [4.69, 9.17) is 4.84 Å². The van der Waals surface area contributed by atoms with Crippen molar-refractivity contribution >= 4 is 6.21 Å². The Morgan fingerprint density at radius 2 is 1.53 bits per heavy atom. The molecule has 0 aliphatic carbocycles. The average molecular weight is 261 g/mol. The number of hydrogen-bond acceptors (Lipinski definition) is 2. The SMILES string of the molecule is CCCCCCCCCCON=Cc1ccccc1. The van der Waals surface area contributed by atoms with Crippen LogP contribution in [0.2, 0.25) is 0 Å². The van der Waals surface area contributed by atoms with Crippen molar-refractivity contribution in [1.82, 2.24) is 0 Å². The van der Waals surface area contributed by atoms with Gasteiger partial charge in [-0.1, -0.05) is 80.9 Å². The Kier molecular flexibility index (Phi) is 9.75. The lowest BCUT2D eigenvalue weighted by Gasteiger charge is -2.01. The second-order valence-electron chi connectivity index (χ2n) is 4.95. The minimum absolute atomic E-state index is 0.734. The lowest BCUT2D eigenvalue weighted by Crippen LogP contribution is -1.90. The van der Waals surface area contributed by atoms with Gasteiger partial charge < -0.3 is 4.84 Å². The first-order chi connectivity index (χ1) is 9.43. The predicted molar refractivity (Wildman–Crippen MR) is 82.6 cm³/mol. The highest BCUT2D eigenvalue weighted by Gasteiger charge is 1.91. The van der Waals surface area contributed by atoms with Crippen molar-refractivity contribution in [2.24, 2.45) is 5.16 Å². The standard InChI is InChI=1S/C17H27NO/c1-2-3-4-5-6-7-8-12-15-19-18-16-17-13-10-9-11-14-17/h9-11,13-14,16H,2-8,12,15H2,1H3. The molecule has 0 unspecified atom stereocenters. The molecule has 0 radical (unpaired) electrons. The summed E-state index contributed by atoms with van der Waals surface area (Å²) >= 11 is 0. The third-order valence-electron chi connectivity index (χ3n) is 3.17. The van der Waals surface area contributed by atoms with Crippen LogP contribution in [-0.4, -0.2) is 12.8 Å². The molecule has 0 bridgehead atoms. The molecule has 1 aromatic carbocycles. The zero-order valence-corrected chi connectivity index (χ0v) is 12.2.